The Bertz CT molecular complexity index is 363. The second kappa shape index (κ2) is 14.5. The van der Waals surface area contributed by atoms with Crippen LogP contribution >= 0.6 is 0 Å². The summed E-state index contributed by atoms with van der Waals surface area (Å²) in [4.78, 5) is 11.3. The maximum absolute atomic E-state index is 11.3. The van der Waals surface area contributed by atoms with Gasteiger partial charge in [-0.2, -0.15) is 0 Å². The molecular formula is C19H38O5Si. The summed E-state index contributed by atoms with van der Waals surface area (Å²) < 4.78 is 16.0. The second-order valence-corrected chi connectivity index (χ2v) is 13.4. The molecular weight excluding hydrogens is 336 g/mol. The molecule has 0 rings (SSSR count). The lowest BCUT2D eigenvalue weighted by Crippen LogP contribution is -2.22. The Morgan fingerprint density at radius 3 is 2.32 bits per heavy atom. The number of hydrogen-bond donors (Lipinski definition) is 1. The SMILES string of the molecule is COC(=O)/C=C/C(CCCCCC[C@@H](C)O)OCOCC[Si](C)(C)C. The number of rotatable bonds is 15. The highest BCUT2D eigenvalue weighted by molar-refractivity contribution is 6.76. The van der Waals surface area contributed by atoms with Gasteiger partial charge in [-0.25, -0.2) is 4.79 Å². The molecule has 0 bridgehead atoms. The van der Waals surface area contributed by atoms with Gasteiger partial charge >= 0.3 is 5.97 Å². The van der Waals surface area contributed by atoms with Crippen LogP contribution in [0.15, 0.2) is 12.2 Å². The van der Waals surface area contributed by atoms with Crippen molar-refractivity contribution in [3.8, 4) is 0 Å². The van der Waals surface area contributed by atoms with Crippen LogP contribution in [0.3, 0.4) is 0 Å². The molecule has 6 heteroatoms. The standard InChI is InChI=1S/C19H38O5Si/c1-17(20)10-8-6-7-9-11-18(12-13-19(21)22-2)24-16-23-14-15-25(3,4)5/h12-13,17-18,20H,6-11,14-16H2,1-5H3/b13-12+/t17-,18?/m1/s1. The van der Waals surface area contributed by atoms with E-state index in [0.717, 1.165) is 51.2 Å². The van der Waals surface area contributed by atoms with Crippen molar-refractivity contribution in [3.63, 3.8) is 0 Å². The van der Waals surface area contributed by atoms with E-state index < -0.39 is 8.07 Å². The fourth-order valence-electron chi connectivity index (χ4n) is 2.20. The van der Waals surface area contributed by atoms with Gasteiger partial charge in [-0.1, -0.05) is 45.3 Å². The lowest BCUT2D eigenvalue weighted by molar-refractivity contribution is -0.135. The van der Waals surface area contributed by atoms with Gasteiger partial charge in [0.2, 0.25) is 0 Å². The third-order valence-electron chi connectivity index (χ3n) is 3.87. The van der Waals surface area contributed by atoms with Gasteiger partial charge in [0.15, 0.2) is 0 Å². The van der Waals surface area contributed by atoms with E-state index in [0.29, 0.717) is 0 Å². The molecule has 0 heterocycles. The van der Waals surface area contributed by atoms with E-state index in [1.165, 1.54) is 13.2 Å². The lowest BCUT2D eigenvalue weighted by atomic mass is 10.1. The van der Waals surface area contributed by atoms with Crippen LogP contribution in [0.5, 0.6) is 0 Å². The molecule has 0 aliphatic rings. The molecule has 0 aromatic heterocycles. The van der Waals surface area contributed by atoms with Crippen molar-refractivity contribution in [2.24, 2.45) is 0 Å². The molecule has 0 spiro atoms. The number of aliphatic hydroxyl groups is 1. The summed E-state index contributed by atoms with van der Waals surface area (Å²) in [5.74, 6) is -0.370. The van der Waals surface area contributed by atoms with Crippen LogP contribution in [0.1, 0.15) is 45.4 Å². The van der Waals surface area contributed by atoms with Gasteiger partial charge in [-0.05, 0) is 31.9 Å². The van der Waals surface area contributed by atoms with Gasteiger partial charge in [0, 0.05) is 20.8 Å². The molecule has 1 unspecified atom stereocenters. The van der Waals surface area contributed by atoms with E-state index in [4.69, 9.17) is 9.47 Å². The normalized spacial score (nSPS) is 14.6. The summed E-state index contributed by atoms with van der Waals surface area (Å²) in [6, 6.07) is 1.11. The summed E-state index contributed by atoms with van der Waals surface area (Å²) in [7, 11) is 0.280. The molecule has 2 atom stereocenters. The number of hydrogen-bond acceptors (Lipinski definition) is 5. The van der Waals surface area contributed by atoms with Gasteiger partial charge in [0.05, 0.1) is 19.3 Å². The third-order valence-corrected chi connectivity index (χ3v) is 5.57. The average Bonchev–Trinajstić information content (AvgIpc) is 2.52. The van der Waals surface area contributed by atoms with Crippen LogP contribution in [0.2, 0.25) is 25.7 Å². The van der Waals surface area contributed by atoms with E-state index in [2.05, 4.69) is 24.4 Å². The van der Waals surface area contributed by atoms with Crippen LogP contribution in [-0.4, -0.2) is 51.9 Å². The first-order valence-corrected chi connectivity index (χ1v) is 13.1. The molecule has 0 amide bonds. The summed E-state index contributed by atoms with van der Waals surface area (Å²) in [5, 5.41) is 9.25. The molecule has 1 N–H and O–H groups in total. The van der Waals surface area contributed by atoms with Gasteiger partial charge in [0.1, 0.15) is 6.79 Å². The molecule has 0 aromatic rings. The maximum atomic E-state index is 11.3. The number of methoxy groups -OCH3 is 1. The van der Waals surface area contributed by atoms with Crippen LogP contribution in [-0.2, 0) is 19.0 Å². The predicted octanol–water partition coefficient (Wildman–Crippen LogP) is 4.13. The molecule has 0 radical (unpaired) electrons. The molecule has 0 aromatic carbocycles. The van der Waals surface area contributed by atoms with Crippen LogP contribution in [0, 0.1) is 0 Å². The maximum Gasteiger partial charge on any atom is 0.330 e. The van der Waals surface area contributed by atoms with Gasteiger partial charge in [0.25, 0.3) is 0 Å². The first-order valence-electron chi connectivity index (χ1n) is 9.38. The van der Waals surface area contributed by atoms with Crippen LogP contribution < -0.4 is 0 Å². The quantitative estimate of drug-likeness (QED) is 0.153. The van der Waals surface area contributed by atoms with Gasteiger partial charge in [-0.15, -0.1) is 0 Å². The number of unbranched alkanes of at least 4 members (excludes halogenated alkanes) is 3. The average molecular weight is 375 g/mol. The highest BCUT2D eigenvalue weighted by Gasteiger charge is 2.12. The van der Waals surface area contributed by atoms with Crippen molar-refractivity contribution >= 4 is 14.0 Å². The molecule has 5 nitrogen and oxygen atoms in total. The topological polar surface area (TPSA) is 65.0 Å². The van der Waals surface area contributed by atoms with Crippen molar-refractivity contribution in [3.05, 3.63) is 12.2 Å². The fourth-order valence-corrected chi connectivity index (χ4v) is 2.96. The number of esters is 1. The third kappa shape index (κ3) is 17.9. The van der Waals surface area contributed by atoms with Crippen molar-refractivity contribution in [1.29, 1.82) is 0 Å². The first-order chi connectivity index (χ1) is 11.7. The van der Waals surface area contributed by atoms with Crippen molar-refractivity contribution in [2.75, 3.05) is 20.5 Å². The van der Waals surface area contributed by atoms with Crippen LogP contribution in [0.25, 0.3) is 0 Å². The van der Waals surface area contributed by atoms with Crippen LogP contribution in [0.4, 0.5) is 0 Å². The molecule has 25 heavy (non-hydrogen) atoms. The Hall–Kier alpha value is -0.693. The fraction of sp³-hybridized carbons (Fsp3) is 0.842. The van der Waals surface area contributed by atoms with E-state index in [1.807, 2.05) is 6.92 Å². The molecule has 148 valence electrons. The van der Waals surface area contributed by atoms with E-state index in [-0.39, 0.29) is 25.0 Å². The molecule has 0 aliphatic carbocycles. The summed E-state index contributed by atoms with van der Waals surface area (Å²) in [6.07, 6.45) is 8.78. The lowest BCUT2D eigenvalue weighted by Gasteiger charge is -2.17. The summed E-state index contributed by atoms with van der Waals surface area (Å²) in [6.45, 7) is 9.75. The first kappa shape index (κ1) is 24.3. The van der Waals surface area contributed by atoms with Crippen molar-refractivity contribution in [2.45, 2.75) is 83.3 Å². The molecule has 0 saturated heterocycles. The van der Waals surface area contributed by atoms with Gasteiger partial charge < -0.3 is 19.3 Å². The van der Waals surface area contributed by atoms with Gasteiger partial charge in [-0.3, -0.25) is 0 Å². The number of ether oxygens (including phenoxy) is 3. The van der Waals surface area contributed by atoms with Crippen molar-refractivity contribution in [1.82, 2.24) is 0 Å². The zero-order chi connectivity index (χ0) is 19.1. The molecule has 0 saturated carbocycles. The van der Waals surface area contributed by atoms with Crippen molar-refractivity contribution < 1.29 is 24.1 Å². The molecule has 0 aliphatic heterocycles. The minimum absolute atomic E-state index is 0.136. The van der Waals surface area contributed by atoms with E-state index in [1.54, 1.807) is 6.08 Å². The number of carbonyl (C=O) groups is 1. The summed E-state index contributed by atoms with van der Waals surface area (Å²) >= 11 is 0. The van der Waals surface area contributed by atoms with E-state index >= 15 is 0 Å². The predicted molar refractivity (Wildman–Crippen MR) is 104 cm³/mol. The minimum Gasteiger partial charge on any atom is -0.466 e. The monoisotopic (exact) mass is 374 g/mol. The number of aliphatic hydroxyl groups excluding tert-OH is 1. The molecule has 0 fully saturated rings. The zero-order valence-corrected chi connectivity index (χ0v) is 17.8. The second-order valence-electron chi connectivity index (χ2n) is 7.76. The Morgan fingerprint density at radius 2 is 1.76 bits per heavy atom. The Kier molecular flexibility index (Phi) is 14.1. The highest BCUT2D eigenvalue weighted by atomic mass is 28.3. The summed E-state index contributed by atoms with van der Waals surface area (Å²) in [5.41, 5.74) is 0. The largest absolute Gasteiger partial charge is 0.466 e. The number of carbonyl (C=O) groups excluding carboxylic acids is 1. The zero-order valence-electron chi connectivity index (χ0n) is 16.8. The Labute approximate surface area is 154 Å². The smallest absolute Gasteiger partial charge is 0.330 e. The minimum atomic E-state index is -1.09. The Morgan fingerprint density at radius 1 is 1.12 bits per heavy atom. The Balaban J connectivity index is 4.06. The highest BCUT2D eigenvalue weighted by Crippen LogP contribution is 2.12. The van der Waals surface area contributed by atoms with E-state index in [9.17, 15) is 9.90 Å².